The molecule has 0 unspecified atom stereocenters. The van der Waals surface area contributed by atoms with Crippen LogP contribution >= 0.6 is 15.9 Å². The second kappa shape index (κ2) is 8.49. The van der Waals surface area contributed by atoms with E-state index in [0.717, 1.165) is 4.80 Å². The number of rotatable bonds is 8. The third kappa shape index (κ3) is 5.17. The Labute approximate surface area is 160 Å². The quantitative estimate of drug-likeness (QED) is 0.521. The molecule has 1 aromatic carbocycles. The zero-order valence-corrected chi connectivity index (χ0v) is 15.2. The number of hydrogen-bond donors (Lipinski definition) is 1. The summed E-state index contributed by atoms with van der Waals surface area (Å²) in [4.78, 5) is 19.7. The topological polar surface area (TPSA) is 125 Å². The van der Waals surface area contributed by atoms with Crippen LogP contribution in [0.25, 0.3) is 11.5 Å². The zero-order chi connectivity index (χ0) is 19.2. The minimum absolute atomic E-state index is 0.148. The van der Waals surface area contributed by atoms with Crippen LogP contribution in [0, 0.1) is 5.82 Å². The van der Waals surface area contributed by atoms with Crippen molar-refractivity contribution in [1.29, 1.82) is 0 Å². The molecule has 0 saturated carbocycles. The van der Waals surface area contributed by atoms with E-state index in [4.69, 9.17) is 14.6 Å². The number of ether oxygens (including phenoxy) is 2. The third-order valence-electron chi connectivity index (χ3n) is 3.07. The Kier molecular flexibility index (Phi) is 5.86. The number of benzene rings is 1. The van der Waals surface area contributed by atoms with Gasteiger partial charge in [-0.05, 0) is 33.3 Å². The summed E-state index contributed by atoms with van der Waals surface area (Å²) in [6.45, 7) is -0.0520. The van der Waals surface area contributed by atoms with Crippen molar-refractivity contribution in [2.24, 2.45) is 0 Å². The van der Waals surface area contributed by atoms with Crippen LogP contribution in [0.15, 0.2) is 35.1 Å². The number of halogens is 2. The molecule has 0 amide bonds. The highest BCUT2D eigenvalue weighted by Gasteiger charge is 2.10. The van der Waals surface area contributed by atoms with Gasteiger partial charge in [-0.1, -0.05) is 0 Å². The van der Waals surface area contributed by atoms with E-state index in [9.17, 15) is 9.18 Å². The van der Waals surface area contributed by atoms with Crippen LogP contribution in [0.4, 0.5) is 4.39 Å². The Morgan fingerprint density at radius 2 is 2.04 bits per heavy atom. The first-order valence-corrected chi connectivity index (χ1v) is 8.33. The third-order valence-corrected chi connectivity index (χ3v) is 3.73. The van der Waals surface area contributed by atoms with E-state index in [-0.39, 0.29) is 24.9 Å². The smallest absolute Gasteiger partial charge is 0.327 e. The maximum Gasteiger partial charge on any atom is 0.327 e. The van der Waals surface area contributed by atoms with E-state index in [0.29, 0.717) is 15.9 Å². The van der Waals surface area contributed by atoms with Gasteiger partial charge in [0.15, 0.2) is 6.54 Å². The normalized spacial score (nSPS) is 10.6. The van der Waals surface area contributed by atoms with Gasteiger partial charge in [-0.25, -0.2) is 14.4 Å². The highest BCUT2D eigenvalue weighted by Crippen LogP contribution is 2.25. The predicted molar refractivity (Wildman–Crippen MR) is 91.6 cm³/mol. The molecule has 140 valence electrons. The van der Waals surface area contributed by atoms with Gasteiger partial charge in [0.2, 0.25) is 11.7 Å². The van der Waals surface area contributed by atoms with Crippen molar-refractivity contribution in [3.8, 4) is 23.1 Å². The molecule has 0 aliphatic carbocycles. The van der Waals surface area contributed by atoms with Gasteiger partial charge in [-0.3, -0.25) is 4.79 Å². The summed E-state index contributed by atoms with van der Waals surface area (Å²) in [7, 11) is 0. The fourth-order valence-corrected chi connectivity index (χ4v) is 2.29. The molecule has 0 fully saturated rings. The molecule has 0 spiro atoms. The lowest BCUT2D eigenvalue weighted by atomic mass is 10.3. The van der Waals surface area contributed by atoms with E-state index in [1.54, 1.807) is 6.07 Å². The summed E-state index contributed by atoms with van der Waals surface area (Å²) in [5.74, 6) is -0.713. The van der Waals surface area contributed by atoms with Crippen molar-refractivity contribution in [2.45, 2.75) is 6.54 Å². The van der Waals surface area contributed by atoms with E-state index in [1.807, 2.05) is 0 Å². The molecule has 12 heteroatoms. The average Bonchev–Trinajstić information content (AvgIpc) is 3.09. The lowest BCUT2D eigenvalue weighted by Gasteiger charge is -2.09. The molecular formula is C15H12BrFN6O4. The molecule has 0 aliphatic rings. The van der Waals surface area contributed by atoms with Crippen molar-refractivity contribution in [3.05, 3.63) is 40.9 Å². The van der Waals surface area contributed by atoms with Gasteiger partial charge in [0.05, 0.1) is 16.9 Å². The molecule has 0 atom stereocenters. The van der Waals surface area contributed by atoms with Gasteiger partial charge in [-0.2, -0.15) is 4.80 Å². The van der Waals surface area contributed by atoms with Gasteiger partial charge < -0.3 is 14.6 Å². The van der Waals surface area contributed by atoms with Crippen LogP contribution < -0.4 is 9.47 Å². The van der Waals surface area contributed by atoms with E-state index < -0.39 is 18.3 Å². The molecule has 10 nitrogen and oxygen atoms in total. The minimum atomic E-state index is -1.08. The number of tetrazole rings is 1. The van der Waals surface area contributed by atoms with Gasteiger partial charge in [0.25, 0.3) is 0 Å². The Balaban J connectivity index is 1.51. The number of aliphatic carboxylic acids is 1. The van der Waals surface area contributed by atoms with Gasteiger partial charge in [0, 0.05) is 6.07 Å². The molecule has 0 saturated heterocycles. The number of carbonyl (C=O) groups is 1. The van der Waals surface area contributed by atoms with Gasteiger partial charge >= 0.3 is 5.97 Å². The van der Waals surface area contributed by atoms with Crippen molar-refractivity contribution in [3.63, 3.8) is 0 Å². The Bertz CT molecular complexity index is 936. The highest BCUT2D eigenvalue weighted by atomic mass is 79.9. The van der Waals surface area contributed by atoms with Gasteiger partial charge in [0.1, 0.15) is 30.5 Å². The van der Waals surface area contributed by atoms with Crippen LogP contribution in [0.2, 0.25) is 0 Å². The Morgan fingerprint density at radius 1 is 1.22 bits per heavy atom. The molecule has 0 aliphatic heterocycles. The van der Waals surface area contributed by atoms with Gasteiger partial charge in [-0.15, -0.1) is 10.2 Å². The van der Waals surface area contributed by atoms with E-state index in [1.165, 1.54) is 24.5 Å². The number of hydrogen-bond acceptors (Lipinski definition) is 8. The maximum atomic E-state index is 13.2. The van der Waals surface area contributed by atoms with Crippen LogP contribution in [-0.2, 0) is 11.3 Å². The van der Waals surface area contributed by atoms with Crippen LogP contribution in [0.1, 0.15) is 0 Å². The molecule has 3 rings (SSSR count). The second-order valence-corrected chi connectivity index (χ2v) is 5.90. The van der Waals surface area contributed by atoms with Crippen LogP contribution in [0.5, 0.6) is 11.6 Å². The molecule has 0 bridgehead atoms. The molecular weight excluding hydrogens is 427 g/mol. The lowest BCUT2D eigenvalue weighted by molar-refractivity contribution is -0.138. The van der Waals surface area contributed by atoms with E-state index >= 15 is 0 Å². The largest absolute Gasteiger partial charge is 0.489 e. The first kappa shape index (κ1) is 18.6. The standard InChI is InChI=1S/C15H12BrFN6O4/c16-10-2-1-9(17)5-12(10)26-3-4-27-13-7-18-11(6-19-13)15-20-22-23(21-15)8-14(24)25/h1-2,5-7H,3-4,8H2,(H,24,25). The predicted octanol–water partition coefficient (Wildman–Crippen LogP) is 1.57. The fourth-order valence-electron chi connectivity index (χ4n) is 1.93. The van der Waals surface area contributed by atoms with Crippen molar-refractivity contribution in [2.75, 3.05) is 13.2 Å². The van der Waals surface area contributed by atoms with Crippen LogP contribution in [0.3, 0.4) is 0 Å². The number of nitrogens with zero attached hydrogens (tertiary/aromatic N) is 6. The summed E-state index contributed by atoms with van der Waals surface area (Å²) >= 11 is 3.27. The first-order chi connectivity index (χ1) is 13.0. The summed E-state index contributed by atoms with van der Waals surface area (Å²) in [5, 5.41) is 19.9. The molecule has 1 N–H and O–H groups in total. The zero-order valence-electron chi connectivity index (χ0n) is 13.6. The SMILES string of the molecule is O=C(O)Cn1nnc(-c2cnc(OCCOc3cc(F)ccc3Br)cn2)n1. The molecule has 27 heavy (non-hydrogen) atoms. The van der Waals surface area contributed by atoms with Crippen molar-refractivity contribution in [1.82, 2.24) is 30.2 Å². The fraction of sp³-hybridized carbons (Fsp3) is 0.200. The summed E-state index contributed by atoms with van der Waals surface area (Å²) < 4.78 is 24.6. The molecule has 2 aromatic heterocycles. The van der Waals surface area contributed by atoms with Crippen molar-refractivity contribution >= 4 is 21.9 Å². The monoisotopic (exact) mass is 438 g/mol. The lowest BCUT2D eigenvalue weighted by Crippen LogP contribution is -2.11. The first-order valence-electron chi connectivity index (χ1n) is 7.54. The summed E-state index contributed by atoms with van der Waals surface area (Å²) in [6.07, 6.45) is 2.74. The maximum absolute atomic E-state index is 13.2. The number of carboxylic acids is 1. The van der Waals surface area contributed by atoms with Crippen molar-refractivity contribution < 1.29 is 23.8 Å². The summed E-state index contributed by atoms with van der Waals surface area (Å²) in [6, 6.07) is 4.14. The summed E-state index contributed by atoms with van der Waals surface area (Å²) in [5.41, 5.74) is 0.318. The number of aromatic nitrogens is 6. The van der Waals surface area contributed by atoms with E-state index in [2.05, 4.69) is 41.3 Å². The molecule has 0 radical (unpaired) electrons. The minimum Gasteiger partial charge on any atom is -0.489 e. The average molecular weight is 439 g/mol. The Morgan fingerprint density at radius 3 is 2.78 bits per heavy atom. The Hall–Kier alpha value is -3.15. The number of carboxylic acid groups (broad SMARTS) is 1. The highest BCUT2D eigenvalue weighted by molar-refractivity contribution is 9.10. The molecule has 3 aromatic rings. The van der Waals surface area contributed by atoms with Crippen LogP contribution in [-0.4, -0.2) is 54.5 Å². The molecule has 2 heterocycles. The second-order valence-electron chi connectivity index (χ2n) is 5.05.